The number of hydrogen-bond acceptors (Lipinski definition) is 4. The van der Waals surface area contributed by atoms with E-state index in [1.807, 2.05) is 13.8 Å². The van der Waals surface area contributed by atoms with Crippen LogP contribution < -0.4 is 0 Å². The topological polar surface area (TPSA) is 24.9 Å². The first kappa shape index (κ1) is 16.2. The van der Waals surface area contributed by atoms with E-state index in [0.29, 0.717) is 0 Å². The van der Waals surface area contributed by atoms with Crippen molar-refractivity contribution in [1.29, 1.82) is 0 Å². The van der Waals surface area contributed by atoms with Gasteiger partial charge in [0.15, 0.2) is 6.29 Å². The molecule has 0 aromatic carbocycles. The standard InChI is InChI=1S/C16H32N2O2/c1-3-19-16(20-4-2)14-18-11-7-15(8-12-18)13-17-9-5-6-10-17/h15-16H,3-14H2,1-2H3. The van der Waals surface area contributed by atoms with Crippen LogP contribution in [0.25, 0.3) is 0 Å². The summed E-state index contributed by atoms with van der Waals surface area (Å²) >= 11 is 0. The zero-order valence-corrected chi connectivity index (χ0v) is 13.4. The predicted octanol–water partition coefficient (Wildman–Crippen LogP) is 2.19. The second kappa shape index (κ2) is 8.98. The van der Waals surface area contributed by atoms with E-state index >= 15 is 0 Å². The van der Waals surface area contributed by atoms with Gasteiger partial charge in [-0.05, 0) is 71.6 Å². The smallest absolute Gasteiger partial charge is 0.170 e. The molecule has 118 valence electrons. The third-order valence-corrected chi connectivity index (χ3v) is 4.53. The Morgan fingerprint density at radius 3 is 2.05 bits per heavy atom. The molecule has 0 atom stereocenters. The lowest BCUT2D eigenvalue weighted by atomic mass is 9.96. The largest absolute Gasteiger partial charge is 0.352 e. The molecule has 2 aliphatic rings. The van der Waals surface area contributed by atoms with Crippen molar-refractivity contribution in [3.8, 4) is 0 Å². The van der Waals surface area contributed by atoms with Crippen LogP contribution in [0.15, 0.2) is 0 Å². The van der Waals surface area contributed by atoms with Crippen molar-refractivity contribution in [2.45, 2.75) is 45.8 Å². The van der Waals surface area contributed by atoms with Gasteiger partial charge in [0.2, 0.25) is 0 Å². The maximum absolute atomic E-state index is 5.65. The Kier molecular flexibility index (Phi) is 7.28. The summed E-state index contributed by atoms with van der Waals surface area (Å²) in [6.07, 6.45) is 5.44. The van der Waals surface area contributed by atoms with Crippen molar-refractivity contribution in [1.82, 2.24) is 9.80 Å². The molecule has 2 aliphatic heterocycles. The average molecular weight is 284 g/mol. The van der Waals surface area contributed by atoms with Gasteiger partial charge in [0.25, 0.3) is 0 Å². The first-order valence-electron chi connectivity index (χ1n) is 8.49. The van der Waals surface area contributed by atoms with Crippen LogP contribution in [0.5, 0.6) is 0 Å². The number of rotatable bonds is 8. The molecular weight excluding hydrogens is 252 g/mol. The van der Waals surface area contributed by atoms with Crippen LogP contribution in [-0.2, 0) is 9.47 Å². The van der Waals surface area contributed by atoms with E-state index < -0.39 is 0 Å². The SMILES string of the molecule is CCOC(CN1CCC(CN2CCCC2)CC1)OCC. The van der Waals surface area contributed by atoms with Gasteiger partial charge < -0.3 is 14.4 Å². The van der Waals surface area contributed by atoms with Gasteiger partial charge in [-0.1, -0.05) is 0 Å². The molecule has 0 aromatic rings. The Hall–Kier alpha value is -0.160. The number of piperidine rings is 1. The normalized spacial score (nSPS) is 22.9. The van der Waals surface area contributed by atoms with E-state index in [9.17, 15) is 0 Å². The molecule has 2 heterocycles. The summed E-state index contributed by atoms with van der Waals surface area (Å²) in [5.41, 5.74) is 0. The molecule has 4 heteroatoms. The van der Waals surface area contributed by atoms with Crippen molar-refractivity contribution in [3.05, 3.63) is 0 Å². The molecule has 4 nitrogen and oxygen atoms in total. The van der Waals surface area contributed by atoms with E-state index in [1.54, 1.807) is 0 Å². The third-order valence-electron chi connectivity index (χ3n) is 4.53. The molecule has 2 fully saturated rings. The number of nitrogens with zero attached hydrogens (tertiary/aromatic N) is 2. The second-order valence-electron chi connectivity index (χ2n) is 6.09. The van der Waals surface area contributed by atoms with Crippen molar-refractivity contribution in [3.63, 3.8) is 0 Å². The van der Waals surface area contributed by atoms with Crippen molar-refractivity contribution in [2.75, 3.05) is 52.5 Å². The molecule has 20 heavy (non-hydrogen) atoms. The molecule has 2 saturated heterocycles. The van der Waals surface area contributed by atoms with E-state index in [0.717, 1.165) is 25.7 Å². The number of hydrogen-bond donors (Lipinski definition) is 0. The molecule has 0 aliphatic carbocycles. The lowest BCUT2D eigenvalue weighted by Crippen LogP contribution is -2.42. The Labute approximate surface area is 124 Å². The van der Waals surface area contributed by atoms with Crippen LogP contribution in [-0.4, -0.2) is 68.6 Å². The fourth-order valence-electron chi connectivity index (χ4n) is 3.42. The molecule has 2 rings (SSSR count). The summed E-state index contributed by atoms with van der Waals surface area (Å²) < 4.78 is 11.3. The zero-order chi connectivity index (χ0) is 14.2. The summed E-state index contributed by atoms with van der Waals surface area (Å²) in [6.45, 7) is 12.9. The molecule has 0 bridgehead atoms. The van der Waals surface area contributed by atoms with Gasteiger partial charge in [-0.25, -0.2) is 0 Å². The van der Waals surface area contributed by atoms with Gasteiger partial charge in [-0.3, -0.25) is 4.90 Å². The number of likely N-dealkylation sites (tertiary alicyclic amines) is 2. The Balaban J connectivity index is 1.64. The summed E-state index contributed by atoms with van der Waals surface area (Å²) in [4.78, 5) is 5.17. The first-order valence-corrected chi connectivity index (χ1v) is 8.49. The van der Waals surface area contributed by atoms with Crippen molar-refractivity contribution in [2.24, 2.45) is 5.92 Å². The molecular formula is C16H32N2O2. The van der Waals surface area contributed by atoms with Crippen LogP contribution in [0.4, 0.5) is 0 Å². The van der Waals surface area contributed by atoms with Gasteiger partial charge in [-0.2, -0.15) is 0 Å². The highest BCUT2D eigenvalue weighted by Crippen LogP contribution is 2.21. The predicted molar refractivity (Wildman–Crippen MR) is 81.9 cm³/mol. The Bertz CT molecular complexity index is 243. The molecule has 0 N–H and O–H groups in total. The zero-order valence-electron chi connectivity index (χ0n) is 13.4. The summed E-state index contributed by atoms with van der Waals surface area (Å²) in [6, 6.07) is 0. The lowest BCUT2D eigenvalue weighted by Gasteiger charge is -2.35. The van der Waals surface area contributed by atoms with Crippen molar-refractivity contribution < 1.29 is 9.47 Å². The summed E-state index contributed by atoms with van der Waals surface area (Å²) in [5, 5.41) is 0. The average Bonchev–Trinajstić information content (AvgIpc) is 2.94. The maximum Gasteiger partial charge on any atom is 0.170 e. The van der Waals surface area contributed by atoms with Gasteiger partial charge >= 0.3 is 0 Å². The lowest BCUT2D eigenvalue weighted by molar-refractivity contribution is -0.149. The fourth-order valence-corrected chi connectivity index (χ4v) is 3.42. The minimum Gasteiger partial charge on any atom is -0.352 e. The summed E-state index contributed by atoms with van der Waals surface area (Å²) in [7, 11) is 0. The molecule has 0 unspecified atom stereocenters. The van der Waals surface area contributed by atoms with Gasteiger partial charge in [0, 0.05) is 26.3 Å². The molecule has 0 amide bonds. The highest BCUT2D eigenvalue weighted by Gasteiger charge is 2.24. The minimum atomic E-state index is -0.0415. The van der Waals surface area contributed by atoms with Crippen LogP contribution in [0.2, 0.25) is 0 Å². The highest BCUT2D eigenvalue weighted by atomic mass is 16.7. The van der Waals surface area contributed by atoms with Gasteiger partial charge in [0.1, 0.15) is 0 Å². The Morgan fingerprint density at radius 1 is 0.900 bits per heavy atom. The van der Waals surface area contributed by atoms with E-state index in [-0.39, 0.29) is 6.29 Å². The molecule has 0 saturated carbocycles. The van der Waals surface area contributed by atoms with Gasteiger partial charge in [0.05, 0.1) is 0 Å². The van der Waals surface area contributed by atoms with Crippen molar-refractivity contribution >= 4 is 0 Å². The van der Waals surface area contributed by atoms with E-state index in [2.05, 4.69) is 9.80 Å². The van der Waals surface area contributed by atoms with Gasteiger partial charge in [-0.15, -0.1) is 0 Å². The monoisotopic (exact) mass is 284 g/mol. The van der Waals surface area contributed by atoms with E-state index in [1.165, 1.54) is 58.4 Å². The first-order chi connectivity index (χ1) is 9.81. The molecule has 0 aromatic heterocycles. The summed E-state index contributed by atoms with van der Waals surface area (Å²) in [5.74, 6) is 0.905. The van der Waals surface area contributed by atoms with Crippen LogP contribution in [0.1, 0.15) is 39.5 Å². The minimum absolute atomic E-state index is 0.0415. The van der Waals surface area contributed by atoms with Crippen LogP contribution in [0, 0.1) is 5.92 Å². The molecule has 0 radical (unpaired) electrons. The highest BCUT2D eigenvalue weighted by molar-refractivity contribution is 4.77. The number of ether oxygens (including phenoxy) is 2. The van der Waals surface area contributed by atoms with E-state index in [4.69, 9.17) is 9.47 Å². The third kappa shape index (κ3) is 5.32. The Morgan fingerprint density at radius 2 is 1.50 bits per heavy atom. The fraction of sp³-hybridized carbons (Fsp3) is 1.00. The maximum atomic E-state index is 5.65. The van der Waals surface area contributed by atoms with Crippen LogP contribution >= 0.6 is 0 Å². The second-order valence-corrected chi connectivity index (χ2v) is 6.09. The molecule has 0 spiro atoms. The quantitative estimate of drug-likeness (QED) is 0.638. The van der Waals surface area contributed by atoms with Crippen LogP contribution in [0.3, 0.4) is 0 Å².